The normalized spacial score (nSPS) is 10.0. The van der Waals surface area contributed by atoms with Gasteiger partial charge in [0.25, 0.3) is 0 Å². The molecular formula is C18H18O5. The first-order valence-electron chi connectivity index (χ1n) is 7.23. The van der Waals surface area contributed by atoms with Crippen LogP contribution in [0.15, 0.2) is 48.5 Å². The maximum atomic E-state index is 11.8. The molecule has 2 aromatic rings. The Bertz CT molecular complexity index is 676. The van der Waals surface area contributed by atoms with Crippen LogP contribution in [0.3, 0.4) is 0 Å². The second-order valence-electron chi connectivity index (χ2n) is 4.78. The molecule has 0 radical (unpaired) electrons. The van der Waals surface area contributed by atoms with Crippen LogP contribution >= 0.6 is 0 Å². The largest absolute Gasteiger partial charge is 0.482 e. The van der Waals surface area contributed by atoms with Gasteiger partial charge in [0.2, 0.25) is 0 Å². The molecule has 5 nitrogen and oxygen atoms in total. The zero-order chi connectivity index (χ0) is 16.7. The molecule has 0 heterocycles. The van der Waals surface area contributed by atoms with Crippen molar-refractivity contribution in [1.82, 2.24) is 0 Å². The molecule has 0 atom stereocenters. The van der Waals surface area contributed by atoms with Gasteiger partial charge in [-0.15, -0.1) is 0 Å². The summed E-state index contributed by atoms with van der Waals surface area (Å²) in [6, 6.07) is 13.7. The fourth-order valence-corrected chi connectivity index (χ4v) is 1.94. The predicted octanol–water partition coefficient (Wildman–Crippen LogP) is 3.02. The van der Waals surface area contributed by atoms with E-state index in [9.17, 15) is 9.59 Å². The number of hydrogen-bond donors (Lipinski definition) is 0. The molecule has 0 saturated carbocycles. The molecule has 0 aliphatic rings. The lowest BCUT2D eigenvalue weighted by Gasteiger charge is -2.08. The van der Waals surface area contributed by atoms with Crippen LogP contribution in [0.25, 0.3) is 0 Å². The summed E-state index contributed by atoms with van der Waals surface area (Å²) in [5, 5.41) is 0. The quantitative estimate of drug-likeness (QED) is 0.606. The van der Waals surface area contributed by atoms with Crippen LogP contribution < -0.4 is 9.47 Å². The summed E-state index contributed by atoms with van der Waals surface area (Å²) < 4.78 is 15.2. The Morgan fingerprint density at radius 1 is 1.00 bits per heavy atom. The van der Waals surface area contributed by atoms with Gasteiger partial charge in [0.15, 0.2) is 6.61 Å². The molecule has 0 aromatic heterocycles. The lowest BCUT2D eigenvalue weighted by atomic mass is 10.2. The third kappa shape index (κ3) is 4.85. The van der Waals surface area contributed by atoms with Crippen LogP contribution in [-0.2, 0) is 16.0 Å². The number of hydrogen-bond acceptors (Lipinski definition) is 5. The standard InChI is InChI=1S/C18H18O5/c1-3-13-5-4-6-16(11-13)22-12-17(19)23-15-9-7-14(8-10-15)18(20)21-2/h4-11H,3,12H2,1-2H3. The molecule has 0 amide bonds. The van der Waals surface area contributed by atoms with Gasteiger partial charge in [-0.2, -0.15) is 0 Å². The molecular weight excluding hydrogens is 296 g/mol. The van der Waals surface area contributed by atoms with E-state index in [-0.39, 0.29) is 6.61 Å². The average Bonchev–Trinajstić information content (AvgIpc) is 2.60. The summed E-state index contributed by atoms with van der Waals surface area (Å²) in [5.74, 6) is 0.00985. The third-order valence-corrected chi connectivity index (χ3v) is 3.17. The molecule has 0 spiro atoms. The van der Waals surface area contributed by atoms with Crippen LogP contribution in [0.4, 0.5) is 0 Å². The van der Waals surface area contributed by atoms with E-state index in [0.717, 1.165) is 12.0 Å². The van der Waals surface area contributed by atoms with Crippen molar-refractivity contribution < 1.29 is 23.8 Å². The number of ether oxygens (including phenoxy) is 3. The van der Waals surface area contributed by atoms with Crippen LogP contribution in [-0.4, -0.2) is 25.7 Å². The SMILES string of the molecule is CCc1cccc(OCC(=O)Oc2ccc(C(=O)OC)cc2)c1. The zero-order valence-corrected chi connectivity index (χ0v) is 13.1. The Morgan fingerprint density at radius 2 is 1.74 bits per heavy atom. The molecule has 23 heavy (non-hydrogen) atoms. The Balaban J connectivity index is 1.88. The highest BCUT2D eigenvalue weighted by molar-refractivity contribution is 5.89. The molecule has 0 aliphatic heterocycles. The number of rotatable bonds is 6. The van der Waals surface area contributed by atoms with Crippen molar-refractivity contribution in [1.29, 1.82) is 0 Å². The van der Waals surface area contributed by atoms with Crippen LogP contribution in [0.2, 0.25) is 0 Å². The van der Waals surface area contributed by atoms with Gasteiger partial charge in [-0.1, -0.05) is 19.1 Å². The minimum atomic E-state index is -0.516. The van der Waals surface area contributed by atoms with E-state index in [1.165, 1.54) is 31.4 Å². The Morgan fingerprint density at radius 3 is 2.39 bits per heavy atom. The highest BCUT2D eigenvalue weighted by atomic mass is 16.6. The molecule has 0 N–H and O–H groups in total. The van der Waals surface area contributed by atoms with Crippen LogP contribution in [0, 0.1) is 0 Å². The van der Waals surface area contributed by atoms with Crippen LogP contribution in [0.5, 0.6) is 11.5 Å². The summed E-state index contributed by atoms with van der Waals surface area (Å²) in [5.41, 5.74) is 1.52. The number of carbonyl (C=O) groups is 2. The second-order valence-corrected chi connectivity index (χ2v) is 4.78. The molecule has 0 aliphatic carbocycles. The first-order valence-corrected chi connectivity index (χ1v) is 7.23. The molecule has 0 saturated heterocycles. The first kappa shape index (κ1) is 16.5. The van der Waals surface area contributed by atoms with Gasteiger partial charge in [-0.3, -0.25) is 0 Å². The molecule has 0 fully saturated rings. The monoisotopic (exact) mass is 314 g/mol. The fraction of sp³-hybridized carbons (Fsp3) is 0.222. The number of aryl methyl sites for hydroxylation is 1. The first-order chi connectivity index (χ1) is 11.1. The van der Waals surface area contributed by atoms with Gasteiger partial charge < -0.3 is 14.2 Å². The van der Waals surface area contributed by atoms with Gasteiger partial charge in [0.1, 0.15) is 11.5 Å². The van der Waals surface area contributed by atoms with E-state index in [1.54, 1.807) is 6.07 Å². The molecule has 5 heteroatoms. The summed E-state index contributed by atoms with van der Waals surface area (Å²) >= 11 is 0. The van der Waals surface area contributed by atoms with Gasteiger partial charge in [-0.05, 0) is 48.4 Å². The molecule has 0 bridgehead atoms. The Kier molecular flexibility index (Phi) is 5.74. The van der Waals surface area contributed by atoms with Gasteiger partial charge >= 0.3 is 11.9 Å². The highest BCUT2D eigenvalue weighted by Crippen LogP contribution is 2.15. The number of carbonyl (C=O) groups excluding carboxylic acids is 2. The molecule has 0 unspecified atom stereocenters. The lowest BCUT2D eigenvalue weighted by Crippen LogP contribution is -2.17. The topological polar surface area (TPSA) is 61.8 Å². The van der Waals surface area contributed by atoms with Crippen molar-refractivity contribution in [3.63, 3.8) is 0 Å². The van der Waals surface area contributed by atoms with Gasteiger partial charge in [0, 0.05) is 0 Å². The summed E-state index contributed by atoms with van der Waals surface area (Å²) in [6.07, 6.45) is 0.897. The minimum absolute atomic E-state index is 0.189. The highest BCUT2D eigenvalue weighted by Gasteiger charge is 2.09. The van der Waals surface area contributed by atoms with Crippen molar-refractivity contribution in [3.8, 4) is 11.5 Å². The van der Waals surface area contributed by atoms with E-state index in [0.29, 0.717) is 17.1 Å². The number of esters is 2. The van der Waals surface area contributed by atoms with Crippen molar-refractivity contribution >= 4 is 11.9 Å². The van der Waals surface area contributed by atoms with Gasteiger partial charge in [0.05, 0.1) is 12.7 Å². The predicted molar refractivity (Wildman–Crippen MR) is 84.7 cm³/mol. The third-order valence-electron chi connectivity index (χ3n) is 3.17. The van der Waals surface area contributed by atoms with Crippen molar-refractivity contribution in [2.24, 2.45) is 0 Å². The van der Waals surface area contributed by atoms with Crippen molar-refractivity contribution in [3.05, 3.63) is 59.7 Å². The lowest BCUT2D eigenvalue weighted by molar-refractivity contribution is -0.136. The minimum Gasteiger partial charge on any atom is -0.482 e. The fourth-order valence-electron chi connectivity index (χ4n) is 1.94. The summed E-state index contributed by atoms with van der Waals surface area (Å²) in [7, 11) is 1.31. The Hall–Kier alpha value is -2.82. The average molecular weight is 314 g/mol. The smallest absolute Gasteiger partial charge is 0.349 e. The number of methoxy groups -OCH3 is 1. The van der Waals surface area contributed by atoms with Crippen LogP contribution in [0.1, 0.15) is 22.8 Å². The molecule has 2 rings (SSSR count). The maximum Gasteiger partial charge on any atom is 0.349 e. The van der Waals surface area contributed by atoms with Gasteiger partial charge in [-0.25, -0.2) is 9.59 Å². The molecule has 2 aromatic carbocycles. The van der Waals surface area contributed by atoms with E-state index in [4.69, 9.17) is 9.47 Å². The van der Waals surface area contributed by atoms with E-state index >= 15 is 0 Å². The van der Waals surface area contributed by atoms with Crippen molar-refractivity contribution in [2.75, 3.05) is 13.7 Å². The number of benzene rings is 2. The molecule has 120 valence electrons. The maximum absolute atomic E-state index is 11.8. The van der Waals surface area contributed by atoms with Crippen molar-refractivity contribution in [2.45, 2.75) is 13.3 Å². The summed E-state index contributed by atoms with van der Waals surface area (Å²) in [4.78, 5) is 23.1. The van der Waals surface area contributed by atoms with E-state index in [1.807, 2.05) is 25.1 Å². The zero-order valence-electron chi connectivity index (χ0n) is 13.1. The Labute approximate surface area is 134 Å². The van der Waals surface area contributed by atoms with E-state index < -0.39 is 11.9 Å². The second kappa shape index (κ2) is 7.98. The summed E-state index contributed by atoms with van der Waals surface area (Å²) in [6.45, 7) is 1.86. The van der Waals surface area contributed by atoms with E-state index in [2.05, 4.69) is 4.74 Å².